The van der Waals surface area contributed by atoms with E-state index in [0.29, 0.717) is 6.42 Å². The van der Waals surface area contributed by atoms with Gasteiger partial charge in [-0.05, 0) is 63.2 Å². The molecule has 1 heterocycles. The van der Waals surface area contributed by atoms with E-state index in [1.54, 1.807) is 0 Å². The second-order valence-electron chi connectivity index (χ2n) is 5.96. The highest BCUT2D eigenvalue weighted by Crippen LogP contribution is 2.13. The molecular weight excluding hydrogens is 248 g/mol. The van der Waals surface area contributed by atoms with Gasteiger partial charge in [0.1, 0.15) is 0 Å². The van der Waals surface area contributed by atoms with Gasteiger partial charge in [-0.3, -0.25) is 4.79 Å². The lowest BCUT2D eigenvalue weighted by Crippen LogP contribution is -2.33. The average Bonchev–Trinajstić information content (AvgIpc) is 2.44. The second-order valence-corrected chi connectivity index (χ2v) is 5.96. The molecule has 1 aliphatic heterocycles. The van der Waals surface area contributed by atoms with E-state index >= 15 is 0 Å². The molecule has 1 aromatic rings. The third-order valence-electron chi connectivity index (χ3n) is 4.13. The molecule has 1 saturated heterocycles. The van der Waals surface area contributed by atoms with Crippen LogP contribution in [0.15, 0.2) is 18.2 Å². The van der Waals surface area contributed by atoms with E-state index in [4.69, 9.17) is 0 Å². The second kappa shape index (κ2) is 7.44. The van der Waals surface area contributed by atoms with Crippen LogP contribution in [0.5, 0.6) is 0 Å². The van der Waals surface area contributed by atoms with Crippen molar-refractivity contribution in [1.29, 1.82) is 0 Å². The monoisotopic (exact) mass is 274 g/mol. The van der Waals surface area contributed by atoms with Crippen molar-refractivity contribution in [2.75, 3.05) is 19.6 Å². The fourth-order valence-corrected chi connectivity index (χ4v) is 2.81. The Balaban J connectivity index is 1.73. The van der Waals surface area contributed by atoms with Crippen molar-refractivity contribution in [3.05, 3.63) is 34.9 Å². The fourth-order valence-electron chi connectivity index (χ4n) is 2.81. The predicted molar refractivity (Wildman–Crippen MR) is 82.8 cm³/mol. The molecule has 2 rings (SSSR count). The summed E-state index contributed by atoms with van der Waals surface area (Å²) < 4.78 is 0. The summed E-state index contributed by atoms with van der Waals surface area (Å²) in [6, 6.07) is 6.29. The summed E-state index contributed by atoms with van der Waals surface area (Å²) in [5.74, 6) is 0.868. The number of carbonyl (C=O) groups is 1. The smallest absolute Gasteiger partial charge is 0.224 e. The molecule has 110 valence electrons. The first-order valence-corrected chi connectivity index (χ1v) is 7.68. The Morgan fingerprint density at radius 2 is 2.25 bits per heavy atom. The highest BCUT2D eigenvalue weighted by atomic mass is 16.1. The molecule has 20 heavy (non-hydrogen) atoms. The largest absolute Gasteiger partial charge is 0.356 e. The summed E-state index contributed by atoms with van der Waals surface area (Å²) in [5.41, 5.74) is 3.55. The van der Waals surface area contributed by atoms with E-state index in [-0.39, 0.29) is 5.91 Å². The zero-order chi connectivity index (χ0) is 14.4. The van der Waals surface area contributed by atoms with Crippen LogP contribution in [0, 0.1) is 19.8 Å². The summed E-state index contributed by atoms with van der Waals surface area (Å²) in [6.07, 6.45) is 4.14. The lowest BCUT2D eigenvalue weighted by molar-refractivity contribution is -0.120. The SMILES string of the molecule is Cc1ccc(C)c(CC(=O)NCC[C@@H]2CCCNC2)c1. The van der Waals surface area contributed by atoms with Gasteiger partial charge in [-0.15, -0.1) is 0 Å². The first kappa shape index (κ1) is 15.0. The van der Waals surface area contributed by atoms with Crippen molar-refractivity contribution in [2.45, 2.75) is 39.5 Å². The van der Waals surface area contributed by atoms with E-state index in [2.05, 4.69) is 42.7 Å². The number of hydrogen-bond donors (Lipinski definition) is 2. The molecule has 0 aliphatic carbocycles. The molecule has 0 bridgehead atoms. The van der Waals surface area contributed by atoms with Gasteiger partial charge in [0, 0.05) is 6.54 Å². The highest BCUT2D eigenvalue weighted by Gasteiger charge is 2.13. The van der Waals surface area contributed by atoms with Crippen molar-refractivity contribution in [1.82, 2.24) is 10.6 Å². The van der Waals surface area contributed by atoms with Gasteiger partial charge in [0.2, 0.25) is 5.91 Å². The Hall–Kier alpha value is -1.35. The number of amides is 1. The minimum Gasteiger partial charge on any atom is -0.356 e. The van der Waals surface area contributed by atoms with Gasteiger partial charge in [0.05, 0.1) is 6.42 Å². The van der Waals surface area contributed by atoms with Crippen molar-refractivity contribution in [3.63, 3.8) is 0 Å². The lowest BCUT2D eigenvalue weighted by atomic mass is 9.96. The number of rotatable bonds is 5. The van der Waals surface area contributed by atoms with Gasteiger partial charge >= 0.3 is 0 Å². The average molecular weight is 274 g/mol. The number of nitrogens with one attached hydrogen (secondary N) is 2. The molecule has 1 fully saturated rings. The molecule has 2 N–H and O–H groups in total. The topological polar surface area (TPSA) is 41.1 Å². The molecule has 0 unspecified atom stereocenters. The fraction of sp³-hybridized carbons (Fsp3) is 0.588. The Morgan fingerprint density at radius 1 is 1.40 bits per heavy atom. The number of hydrogen-bond acceptors (Lipinski definition) is 2. The Kier molecular flexibility index (Phi) is 5.60. The third kappa shape index (κ3) is 4.64. The number of aryl methyl sites for hydroxylation is 2. The van der Waals surface area contributed by atoms with Crippen LogP contribution in [0.4, 0.5) is 0 Å². The van der Waals surface area contributed by atoms with E-state index in [0.717, 1.165) is 37.5 Å². The van der Waals surface area contributed by atoms with E-state index < -0.39 is 0 Å². The molecular formula is C17H26N2O. The first-order valence-electron chi connectivity index (χ1n) is 7.68. The Bertz CT molecular complexity index is 450. The van der Waals surface area contributed by atoms with Gasteiger partial charge in [-0.1, -0.05) is 23.8 Å². The van der Waals surface area contributed by atoms with Gasteiger partial charge < -0.3 is 10.6 Å². The summed E-state index contributed by atoms with van der Waals surface area (Å²) in [4.78, 5) is 12.0. The highest BCUT2D eigenvalue weighted by molar-refractivity contribution is 5.78. The zero-order valence-electron chi connectivity index (χ0n) is 12.7. The minimum absolute atomic E-state index is 0.141. The van der Waals surface area contributed by atoms with Gasteiger partial charge in [-0.2, -0.15) is 0 Å². The van der Waals surface area contributed by atoms with Crippen LogP contribution in [0.2, 0.25) is 0 Å². The normalized spacial score (nSPS) is 18.8. The van der Waals surface area contributed by atoms with Crippen LogP contribution in [0.25, 0.3) is 0 Å². The summed E-state index contributed by atoms with van der Waals surface area (Å²) in [6.45, 7) is 7.19. The molecule has 0 radical (unpaired) electrons. The van der Waals surface area contributed by atoms with Crippen LogP contribution < -0.4 is 10.6 Å². The van der Waals surface area contributed by atoms with E-state index in [1.165, 1.54) is 24.0 Å². The number of benzene rings is 1. The molecule has 3 heteroatoms. The number of piperidine rings is 1. The van der Waals surface area contributed by atoms with Crippen LogP contribution in [-0.4, -0.2) is 25.5 Å². The molecule has 1 aromatic carbocycles. The third-order valence-corrected chi connectivity index (χ3v) is 4.13. The van der Waals surface area contributed by atoms with Crippen LogP contribution in [0.1, 0.15) is 36.0 Å². The van der Waals surface area contributed by atoms with Gasteiger partial charge in [0.15, 0.2) is 0 Å². The minimum atomic E-state index is 0.141. The maximum Gasteiger partial charge on any atom is 0.224 e. The summed E-state index contributed by atoms with van der Waals surface area (Å²) in [5, 5.41) is 6.47. The van der Waals surface area contributed by atoms with E-state index in [1.807, 2.05) is 0 Å². The van der Waals surface area contributed by atoms with Crippen molar-refractivity contribution < 1.29 is 4.79 Å². The van der Waals surface area contributed by atoms with Crippen LogP contribution in [-0.2, 0) is 11.2 Å². The Labute approximate surface area is 122 Å². The first-order chi connectivity index (χ1) is 9.65. The number of carbonyl (C=O) groups excluding carboxylic acids is 1. The Morgan fingerprint density at radius 3 is 3.00 bits per heavy atom. The molecule has 1 atom stereocenters. The standard InChI is InChI=1S/C17H26N2O/c1-13-5-6-14(2)16(10-13)11-17(20)19-9-7-15-4-3-8-18-12-15/h5-6,10,15,18H,3-4,7-9,11-12H2,1-2H3,(H,19,20)/t15-/m0/s1. The summed E-state index contributed by atoms with van der Waals surface area (Å²) >= 11 is 0. The van der Waals surface area contributed by atoms with Crippen LogP contribution >= 0.6 is 0 Å². The van der Waals surface area contributed by atoms with E-state index in [9.17, 15) is 4.79 Å². The van der Waals surface area contributed by atoms with Crippen molar-refractivity contribution >= 4 is 5.91 Å². The molecule has 1 aliphatic rings. The molecule has 1 amide bonds. The molecule has 0 aromatic heterocycles. The maximum atomic E-state index is 12.0. The van der Waals surface area contributed by atoms with Gasteiger partial charge in [0.25, 0.3) is 0 Å². The zero-order valence-corrected chi connectivity index (χ0v) is 12.7. The predicted octanol–water partition coefficient (Wildman–Crippen LogP) is 2.35. The van der Waals surface area contributed by atoms with Crippen molar-refractivity contribution in [2.24, 2.45) is 5.92 Å². The maximum absolute atomic E-state index is 12.0. The molecule has 3 nitrogen and oxygen atoms in total. The lowest BCUT2D eigenvalue weighted by Gasteiger charge is -2.22. The summed E-state index contributed by atoms with van der Waals surface area (Å²) in [7, 11) is 0. The van der Waals surface area contributed by atoms with Gasteiger partial charge in [-0.25, -0.2) is 0 Å². The quantitative estimate of drug-likeness (QED) is 0.865. The molecule has 0 spiro atoms. The van der Waals surface area contributed by atoms with Crippen LogP contribution in [0.3, 0.4) is 0 Å². The van der Waals surface area contributed by atoms with Crippen molar-refractivity contribution in [3.8, 4) is 0 Å². The molecule has 0 saturated carbocycles.